The summed E-state index contributed by atoms with van der Waals surface area (Å²) >= 11 is 12.7. The Morgan fingerprint density at radius 2 is 1.79 bits per heavy atom. The summed E-state index contributed by atoms with van der Waals surface area (Å²) in [6, 6.07) is 4.83. The van der Waals surface area contributed by atoms with Gasteiger partial charge in [0.2, 0.25) is 0 Å². The van der Waals surface area contributed by atoms with Gasteiger partial charge >= 0.3 is 6.18 Å². The van der Waals surface area contributed by atoms with Crippen LogP contribution in [0.4, 0.5) is 18.9 Å². The maximum atomic E-state index is 13.5. The number of aromatic nitrogens is 5. The molecule has 14 heteroatoms. The van der Waals surface area contributed by atoms with E-state index in [0.717, 1.165) is 0 Å². The van der Waals surface area contributed by atoms with E-state index in [4.69, 9.17) is 23.2 Å². The number of nitrogens with one attached hydrogen (secondary N) is 2. The third-order valence-corrected chi connectivity index (χ3v) is 6.17. The van der Waals surface area contributed by atoms with Gasteiger partial charge < -0.3 is 10.6 Å². The minimum atomic E-state index is -4.86. The fraction of sp³-hybridized carbons (Fsp3) is 0.250. The summed E-state index contributed by atoms with van der Waals surface area (Å²) in [6.45, 7) is 5.65. The highest BCUT2D eigenvalue weighted by atomic mass is 35.5. The van der Waals surface area contributed by atoms with E-state index in [0.29, 0.717) is 40.6 Å². The van der Waals surface area contributed by atoms with Gasteiger partial charge in [-0.15, -0.1) is 0 Å². The van der Waals surface area contributed by atoms with E-state index in [9.17, 15) is 22.8 Å². The number of anilines is 1. The van der Waals surface area contributed by atoms with Crippen LogP contribution in [0.25, 0.3) is 16.9 Å². The van der Waals surface area contributed by atoms with Gasteiger partial charge in [0, 0.05) is 18.8 Å². The quantitative estimate of drug-likeness (QED) is 0.317. The van der Waals surface area contributed by atoms with Crippen LogP contribution < -0.4 is 10.6 Å². The largest absolute Gasteiger partial charge is 0.435 e. The average molecular weight is 566 g/mol. The molecule has 4 rings (SSSR count). The zero-order valence-corrected chi connectivity index (χ0v) is 21.8. The normalized spacial score (nSPS) is 11.6. The molecule has 0 fully saturated rings. The number of carbonyl (C=O) groups excluding carboxylic acids is 2. The van der Waals surface area contributed by atoms with Crippen molar-refractivity contribution in [2.24, 2.45) is 0 Å². The Balaban J connectivity index is 1.88. The molecule has 0 saturated heterocycles. The lowest BCUT2D eigenvalue weighted by atomic mass is 10.1. The number of halogens is 5. The molecule has 198 valence electrons. The number of carbonyl (C=O) groups is 2. The first-order chi connectivity index (χ1) is 17.9. The molecule has 4 aromatic rings. The van der Waals surface area contributed by atoms with Crippen LogP contribution in [0.15, 0.2) is 30.5 Å². The second-order valence-corrected chi connectivity index (χ2v) is 9.00. The number of aryl methyl sites for hydroxylation is 2. The third kappa shape index (κ3) is 5.27. The van der Waals surface area contributed by atoms with Crippen molar-refractivity contribution < 1.29 is 22.8 Å². The molecule has 3 aromatic heterocycles. The molecule has 3 heterocycles. The summed E-state index contributed by atoms with van der Waals surface area (Å²) < 4.78 is 41.3. The topological polar surface area (TPSA) is 115 Å². The lowest BCUT2D eigenvalue weighted by molar-refractivity contribution is -0.141. The Morgan fingerprint density at radius 1 is 1.08 bits per heavy atom. The van der Waals surface area contributed by atoms with Crippen LogP contribution in [0.3, 0.4) is 0 Å². The zero-order valence-electron chi connectivity index (χ0n) is 20.2. The van der Waals surface area contributed by atoms with Crippen LogP contribution >= 0.6 is 23.2 Å². The maximum absolute atomic E-state index is 13.5. The summed E-state index contributed by atoms with van der Waals surface area (Å²) in [6.07, 6.45) is -2.94. The Morgan fingerprint density at radius 3 is 2.45 bits per heavy atom. The van der Waals surface area contributed by atoms with E-state index in [1.165, 1.54) is 24.4 Å². The highest BCUT2D eigenvalue weighted by Gasteiger charge is 2.37. The predicted molar refractivity (Wildman–Crippen MR) is 136 cm³/mol. The SMILES string of the molecule is CCCNC(=O)c1cc2nc(C)c(C)nc2c(Cl)c1NC(=O)c1cc(C(F)(F)F)nn1-c1ncccc1Cl. The van der Waals surface area contributed by atoms with E-state index in [1.807, 2.05) is 6.92 Å². The highest BCUT2D eigenvalue weighted by Crippen LogP contribution is 2.35. The molecule has 38 heavy (non-hydrogen) atoms. The van der Waals surface area contributed by atoms with Crippen molar-refractivity contribution in [2.45, 2.75) is 33.4 Å². The van der Waals surface area contributed by atoms with Gasteiger partial charge in [-0.25, -0.2) is 19.6 Å². The standard InChI is InChI=1S/C24H20Cl2F3N7O2/c1-4-7-31-22(37)13-9-15-20(33-12(3)11(2)32-15)18(26)19(13)34-23(38)16-10-17(24(27,28)29)35-36(16)21-14(25)6-5-8-30-21/h5-6,8-10H,4,7H2,1-3H3,(H,31,37)(H,34,38). The Labute approximate surface area is 224 Å². The third-order valence-electron chi connectivity index (χ3n) is 5.50. The summed E-state index contributed by atoms with van der Waals surface area (Å²) in [4.78, 5) is 39.2. The summed E-state index contributed by atoms with van der Waals surface area (Å²) in [5, 5.41) is 8.54. The van der Waals surface area contributed by atoms with Crippen LogP contribution in [0, 0.1) is 13.8 Å². The molecule has 2 N–H and O–H groups in total. The summed E-state index contributed by atoms with van der Waals surface area (Å²) in [5.74, 6) is -1.81. The number of hydrogen-bond donors (Lipinski definition) is 2. The maximum Gasteiger partial charge on any atom is 0.435 e. The van der Waals surface area contributed by atoms with Crippen molar-refractivity contribution in [1.82, 2.24) is 30.0 Å². The van der Waals surface area contributed by atoms with Crippen molar-refractivity contribution in [2.75, 3.05) is 11.9 Å². The molecule has 9 nitrogen and oxygen atoms in total. The molecule has 0 aliphatic carbocycles. The van der Waals surface area contributed by atoms with Crippen LogP contribution in [-0.2, 0) is 6.18 Å². The minimum absolute atomic E-state index is 0.0390. The van der Waals surface area contributed by atoms with Crippen molar-refractivity contribution in [3.63, 3.8) is 0 Å². The fourth-order valence-corrected chi connectivity index (χ4v) is 4.01. The van der Waals surface area contributed by atoms with Gasteiger partial charge in [-0.2, -0.15) is 18.3 Å². The predicted octanol–water partition coefficient (Wildman–Crippen LogP) is 5.55. The number of alkyl halides is 3. The second kappa shape index (κ2) is 10.5. The molecular formula is C24H20Cl2F3N7O2. The Hall–Kier alpha value is -3.77. The monoisotopic (exact) mass is 565 g/mol. The number of benzene rings is 1. The molecule has 0 bridgehead atoms. The first-order valence-electron chi connectivity index (χ1n) is 11.3. The molecule has 0 atom stereocenters. The molecule has 1 aromatic carbocycles. The van der Waals surface area contributed by atoms with Crippen LogP contribution in [0.2, 0.25) is 10.0 Å². The van der Waals surface area contributed by atoms with Crippen molar-refractivity contribution in [1.29, 1.82) is 0 Å². The van der Waals surface area contributed by atoms with E-state index in [1.54, 1.807) is 13.8 Å². The van der Waals surface area contributed by atoms with Crippen LogP contribution in [0.5, 0.6) is 0 Å². The number of amides is 2. The van der Waals surface area contributed by atoms with E-state index in [2.05, 4.69) is 30.7 Å². The zero-order chi connectivity index (χ0) is 27.8. The van der Waals surface area contributed by atoms with Crippen molar-refractivity contribution in [3.05, 3.63) is 68.8 Å². The molecule has 0 spiro atoms. The second-order valence-electron chi connectivity index (χ2n) is 8.22. The van der Waals surface area contributed by atoms with Gasteiger partial charge in [-0.05, 0) is 38.5 Å². The van der Waals surface area contributed by atoms with E-state index in [-0.39, 0.29) is 32.6 Å². The number of nitrogens with zero attached hydrogens (tertiary/aromatic N) is 5. The van der Waals surface area contributed by atoms with Gasteiger partial charge in [0.05, 0.1) is 38.2 Å². The first kappa shape index (κ1) is 27.3. The smallest absolute Gasteiger partial charge is 0.352 e. The van der Waals surface area contributed by atoms with Crippen molar-refractivity contribution >= 4 is 51.7 Å². The number of hydrogen-bond acceptors (Lipinski definition) is 6. The molecule has 0 aliphatic rings. The average Bonchev–Trinajstić information content (AvgIpc) is 3.32. The molecule has 0 aliphatic heterocycles. The van der Waals surface area contributed by atoms with Gasteiger partial charge in [-0.1, -0.05) is 30.1 Å². The van der Waals surface area contributed by atoms with E-state index < -0.39 is 29.4 Å². The number of pyridine rings is 1. The highest BCUT2D eigenvalue weighted by molar-refractivity contribution is 6.39. The Bertz CT molecular complexity index is 1570. The van der Waals surface area contributed by atoms with Gasteiger partial charge in [0.25, 0.3) is 11.8 Å². The lowest BCUT2D eigenvalue weighted by Crippen LogP contribution is -2.26. The molecule has 0 unspecified atom stereocenters. The summed E-state index contributed by atoms with van der Waals surface area (Å²) in [7, 11) is 0. The minimum Gasteiger partial charge on any atom is -0.352 e. The van der Waals surface area contributed by atoms with Gasteiger partial charge in [0.15, 0.2) is 11.5 Å². The van der Waals surface area contributed by atoms with Crippen molar-refractivity contribution in [3.8, 4) is 5.82 Å². The van der Waals surface area contributed by atoms with Gasteiger partial charge in [-0.3, -0.25) is 9.59 Å². The van der Waals surface area contributed by atoms with E-state index >= 15 is 0 Å². The fourth-order valence-electron chi connectivity index (χ4n) is 3.52. The Kier molecular flexibility index (Phi) is 7.56. The number of fused-ring (bicyclic) bond motifs is 1. The van der Waals surface area contributed by atoms with Crippen LogP contribution in [-0.4, -0.2) is 43.1 Å². The molecule has 0 saturated carbocycles. The summed E-state index contributed by atoms with van der Waals surface area (Å²) in [5.41, 5.74) is -0.383. The lowest BCUT2D eigenvalue weighted by Gasteiger charge is -2.16. The number of rotatable bonds is 6. The first-order valence-corrected chi connectivity index (χ1v) is 12.0. The van der Waals surface area contributed by atoms with Crippen LogP contribution in [0.1, 0.15) is 51.3 Å². The molecule has 0 radical (unpaired) electrons. The molecule has 2 amide bonds. The van der Waals surface area contributed by atoms with Gasteiger partial charge in [0.1, 0.15) is 11.2 Å². The molecular weight excluding hydrogens is 546 g/mol.